The van der Waals surface area contributed by atoms with Gasteiger partial charge in [-0.2, -0.15) is 4.98 Å². The molecular weight excluding hydrogens is 158 g/mol. The molecule has 0 saturated carbocycles. The highest BCUT2D eigenvalue weighted by Gasteiger charge is 2.20. The molecule has 6 heteroatoms. The molecule has 2 rings (SSSR count). The maximum absolute atomic E-state index is 11.2. The molecule has 1 aromatic heterocycles. The van der Waals surface area contributed by atoms with E-state index in [4.69, 9.17) is 5.73 Å². The summed E-state index contributed by atoms with van der Waals surface area (Å²) >= 11 is 0. The van der Waals surface area contributed by atoms with Gasteiger partial charge in [0.1, 0.15) is 5.69 Å². The first-order valence-corrected chi connectivity index (χ1v) is 3.59. The first-order valence-electron chi connectivity index (χ1n) is 3.59. The smallest absolute Gasteiger partial charge is 0.277 e. The summed E-state index contributed by atoms with van der Waals surface area (Å²) in [6.45, 7) is 1.89. The highest BCUT2D eigenvalue weighted by Crippen LogP contribution is 2.21. The first kappa shape index (κ1) is 6.96. The fourth-order valence-electron chi connectivity index (χ4n) is 1.19. The number of fused-ring (bicyclic) bond motifs is 1. The summed E-state index contributed by atoms with van der Waals surface area (Å²) in [6, 6.07) is 0. The molecule has 12 heavy (non-hydrogen) atoms. The van der Waals surface area contributed by atoms with E-state index in [2.05, 4.69) is 20.6 Å². The van der Waals surface area contributed by atoms with Crippen molar-refractivity contribution in [2.24, 2.45) is 0 Å². The van der Waals surface area contributed by atoms with Crippen LogP contribution >= 0.6 is 0 Å². The predicted octanol–water partition coefficient (Wildman–Crippen LogP) is -0.465. The number of aromatic amines is 1. The Morgan fingerprint density at radius 2 is 2.25 bits per heavy atom. The lowest BCUT2D eigenvalue weighted by atomic mass is 10.5. The summed E-state index contributed by atoms with van der Waals surface area (Å²) in [7, 11) is 0. The summed E-state index contributed by atoms with van der Waals surface area (Å²) in [5.41, 5.74) is 5.56. The molecule has 0 aromatic carbocycles. The third-order valence-corrected chi connectivity index (χ3v) is 1.65. The van der Waals surface area contributed by atoms with E-state index < -0.39 is 0 Å². The molecule has 1 unspecified atom stereocenters. The van der Waals surface area contributed by atoms with Gasteiger partial charge in [-0.25, -0.2) is 0 Å². The second kappa shape index (κ2) is 2.13. The van der Waals surface area contributed by atoms with Crippen molar-refractivity contribution in [2.45, 2.75) is 13.1 Å². The molecule has 0 aliphatic carbocycles. The SMILES string of the molecule is CC1Nc2nc(N)[nH]c(=O)c2N1. The quantitative estimate of drug-likeness (QED) is 0.419. The molecule has 1 aliphatic heterocycles. The van der Waals surface area contributed by atoms with Crippen LogP contribution in [0.1, 0.15) is 6.92 Å². The molecule has 0 radical (unpaired) electrons. The molecule has 6 nitrogen and oxygen atoms in total. The standard InChI is InChI=1S/C6H9N5O/c1-2-8-3-4(9-2)10-6(7)11-5(3)12/h2,8H,1H3,(H4,7,9,10,11,12). The van der Waals surface area contributed by atoms with Crippen molar-refractivity contribution < 1.29 is 0 Å². The van der Waals surface area contributed by atoms with Crippen molar-refractivity contribution in [2.75, 3.05) is 16.4 Å². The van der Waals surface area contributed by atoms with Crippen molar-refractivity contribution in [3.05, 3.63) is 10.4 Å². The molecule has 2 heterocycles. The Labute approximate surface area is 68.2 Å². The average Bonchev–Trinajstić information content (AvgIpc) is 2.29. The predicted molar refractivity (Wildman–Crippen MR) is 46.0 cm³/mol. The first-order chi connectivity index (χ1) is 5.66. The van der Waals surface area contributed by atoms with E-state index in [1.165, 1.54) is 0 Å². The number of hydrogen-bond acceptors (Lipinski definition) is 5. The zero-order chi connectivity index (χ0) is 8.72. The van der Waals surface area contributed by atoms with Gasteiger partial charge in [-0.15, -0.1) is 0 Å². The van der Waals surface area contributed by atoms with E-state index in [9.17, 15) is 4.79 Å². The van der Waals surface area contributed by atoms with Gasteiger partial charge < -0.3 is 16.4 Å². The number of hydrogen-bond donors (Lipinski definition) is 4. The van der Waals surface area contributed by atoms with Crippen LogP contribution in [-0.2, 0) is 0 Å². The molecule has 0 spiro atoms. The minimum Gasteiger partial charge on any atom is -0.369 e. The molecule has 0 bridgehead atoms. The highest BCUT2D eigenvalue weighted by atomic mass is 16.1. The van der Waals surface area contributed by atoms with Crippen LogP contribution in [0.2, 0.25) is 0 Å². The van der Waals surface area contributed by atoms with Crippen LogP contribution in [0.3, 0.4) is 0 Å². The third kappa shape index (κ3) is 0.884. The normalized spacial score (nSPS) is 19.6. The van der Waals surface area contributed by atoms with Crippen molar-refractivity contribution in [1.29, 1.82) is 0 Å². The molecule has 1 aromatic rings. The van der Waals surface area contributed by atoms with Gasteiger partial charge in [0.15, 0.2) is 5.82 Å². The van der Waals surface area contributed by atoms with Crippen LogP contribution in [0.5, 0.6) is 0 Å². The van der Waals surface area contributed by atoms with Gasteiger partial charge in [0, 0.05) is 0 Å². The van der Waals surface area contributed by atoms with Crippen LogP contribution < -0.4 is 21.9 Å². The number of nitrogens with one attached hydrogen (secondary N) is 3. The molecule has 1 aliphatic rings. The Morgan fingerprint density at radius 1 is 1.50 bits per heavy atom. The largest absolute Gasteiger partial charge is 0.369 e. The summed E-state index contributed by atoms with van der Waals surface area (Å²) in [5.74, 6) is 0.644. The Morgan fingerprint density at radius 3 is 3.00 bits per heavy atom. The maximum Gasteiger partial charge on any atom is 0.277 e. The number of nitrogens with zero attached hydrogens (tertiary/aromatic N) is 1. The van der Waals surface area contributed by atoms with Gasteiger partial charge in [0.25, 0.3) is 5.56 Å². The topological polar surface area (TPSA) is 95.8 Å². The Hall–Kier alpha value is -1.72. The fourth-order valence-corrected chi connectivity index (χ4v) is 1.19. The lowest BCUT2D eigenvalue weighted by Gasteiger charge is -2.00. The number of anilines is 3. The number of nitrogens with two attached hydrogens (primary N) is 1. The Bertz CT molecular complexity index is 371. The molecule has 0 saturated heterocycles. The summed E-state index contributed by atoms with van der Waals surface area (Å²) in [4.78, 5) is 17.5. The molecule has 0 fully saturated rings. The van der Waals surface area contributed by atoms with Crippen LogP contribution in [0.4, 0.5) is 17.5 Å². The summed E-state index contributed by atoms with van der Waals surface area (Å²) in [6.07, 6.45) is 0.0235. The lowest BCUT2D eigenvalue weighted by molar-refractivity contribution is 0.950. The van der Waals surface area contributed by atoms with E-state index in [1.54, 1.807) is 0 Å². The molecule has 0 amide bonds. The van der Waals surface area contributed by atoms with Crippen molar-refractivity contribution in [1.82, 2.24) is 9.97 Å². The van der Waals surface area contributed by atoms with E-state index in [0.717, 1.165) is 0 Å². The van der Waals surface area contributed by atoms with Gasteiger partial charge >= 0.3 is 0 Å². The average molecular weight is 167 g/mol. The number of rotatable bonds is 0. The Kier molecular flexibility index (Phi) is 1.24. The molecule has 1 atom stereocenters. The van der Waals surface area contributed by atoms with E-state index in [0.29, 0.717) is 11.5 Å². The van der Waals surface area contributed by atoms with Crippen LogP contribution in [0.25, 0.3) is 0 Å². The lowest BCUT2D eigenvalue weighted by Crippen LogP contribution is -2.18. The fraction of sp³-hybridized carbons (Fsp3) is 0.333. The second-order valence-electron chi connectivity index (χ2n) is 2.69. The minimum absolute atomic E-state index is 0.0235. The third-order valence-electron chi connectivity index (χ3n) is 1.65. The maximum atomic E-state index is 11.2. The van der Waals surface area contributed by atoms with Crippen molar-refractivity contribution >= 4 is 17.5 Å². The number of aromatic nitrogens is 2. The summed E-state index contributed by atoms with van der Waals surface area (Å²) in [5, 5.41) is 5.88. The minimum atomic E-state index is -0.241. The zero-order valence-corrected chi connectivity index (χ0v) is 6.51. The van der Waals surface area contributed by atoms with Gasteiger partial charge in [0.05, 0.1) is 6.17 Å². The number of H-pyrrole nitrogens is 1. The van der Waals surface area contributed by atoms with Gasteiger partial charge in [-0.05, 0) is 6.92 Å². The van der Waals surface area contributed by atoms with Crippen LogP contribution in [0.15, 0.2) is 4.79 Å². The van der Waals surface area contributed by atoms with Crippen molar-refractivity contribution in [3.8, 4) is 0 Å². The molecule has 5 N–H and O–H groups in total. The van der Waals surface area contributed by atoms with Crippen LogP contribution in [-0.4, -0.2) is 16.1 Å². The highest BCUT2D eigenvalue weighted by molar-refractivity contribution is 5.69. The zero-order valence-electron chi connectivity index (χ0n) is 6.51. The molecular formula is C6H9N5O. The van der Waals surface area contributed by atoms with Gasteiger partial charge in [-0.3, -0.25) is 9.78 Å². The van der Waals surface area contributed by atoms with Crippen molar-refractivity contribution in [3.63, 3.8) is 0 Å². The van der Waals surface area contributed by atoms with Crippen LogP contribution in [0, 0.1) is 0 Å². The monoisotopic (exact) mass is 167 g/mol. The van der Waals surface area contributed by atoms with Gasteiger partial charge in [0.2, 0.25) is 5.95 Å². The van der Waals surface area contributed by atoms with E-state index >= 15 is 0 Å². The summed E-state index contributed by atoms with van der Waals surface area (Å²) < 4.78 is 0. The second-order valence-corrected chi connectivity index (χ2v) is 2.69. The molecule has 64 valence electrons. The van der Waals surface area contributed by atoms with E-state index in [-0.39, 0.29) is 17.7 Å². The number of nitrogen functional groups attached to an aromatic ring is 1. The van der Waals surface area contributed by atoms with E-state index in [1.807, 2.05) is 6.92 Å². The Balaban J connectivity index is 2.60. The van der Waals surface area contributed by atoms with Gasteiger partial charge in [-0.1, -0.05) is 0 Å².